The first-order valence-electron chi connectivity index (χ1n) is 9.29. The number of rotatable bonds is 8. The van der Waals surface area contributed by atoms with Crippen molar-refractivity contribution < 1.29 is 14.3 Å². The highest BCUT2D eigenvalue weighted by molar-refractivity contribution is 5.96. The van der Waals surface area contributed by atoms with Crippen molar-refractivity contribution in [3.8, 4) is 17.6 Å². The third-order valence-electron chi connectivity index (χ3n) is 4.27. The van der Waals surface area contributed by atoms with Crippen LogP contribution in [-0.2, 0) is 0 Å². The third-order valence-corrected chi connectivity index (χ3v) is 4.27. The zero-order valence-electron chi connectivity index (χ0n) is 16.4. The Morgan fingerprint density at radius 2 is 2.00 bits per heavy atom. The Morgan fingerprint density at radius 1 is 1.17 bits per heavy atom. The number of benzene rings is 2. The number of ether oxygens (including phenoxy) is 2. The molecular formula is C22H22N4O3. The summed E-state index contributed by atoms with van der Waals surface area (Å²) in [6, 6.07) is 16.5. The number of carbonyl (C=O) groups is 1. The zero-order chi connectivity index (χ0) is 20.6. The van der Waals surface area contributed by atoms with Crippen molar-refractivity contribution in [3.05, 3.63) is 59.7 Å². The van der Waals surface area contributed by atoms with Crippen molar-refractivity contribution in [1.82, 2.24) is 10.3 Å². The molecule has 1 heterocycles. The summed E-state index contributed by atoms with van der Waals surface area (Å²) in [4.78, 5) is 16.8. The second-order valence-electron chi connectivity index (χ2n) is 6.17. The molecule has 2 aromatic carbocycles. The van der Waals surface area contributed by atoms with E-state index in [2.05, 4.69) is 21.7 Å². The number of nitriles is 1. The van der Waals surface area contributed by atoms with Gasteiger partial charge in [-0.05, 0) is 43.3 Å². The number of pyridine rings is 1. The van der Waals surface area contributed by atoms with Gasteiger partial charge in [-0.25, -0.2) is 4.98 Å². The molecule has 148 valence electrons. The first-order valence-corrected chi connectivity index (χ1v) is 9.29. The smallest absolute Gasteiger partial charge is 0.255 e. The fourth-order valence-corrected chi connectivity index (χ4v) is 2.92. The van der Waals surface area contributed by atoms with Crippen LogP contribution in [0.2, 0.25) is 0 Å². The number of nitrogens with zero attached hydrogens (tertiary/aromatic N) is 2. The van der Waals surface area contributed by atoms with E-state index in [0.717, 1.165) is 16.7 Å². The molecule has 0 saturated carbocycles. The molecule has 1 amide bonds. The number of aromatic nitrogens is 1. The van der Waals surface area contributed by atoms with Gasteiger partial charge in [-0.3, -0.25) is 4.79 Å². The fourth-order valence-electron chi connectivity index (χ4n) is 2.92. The van der Waals surface area contributed by atoms with Gasteiger partial charge in [0.15, 0.2) is 0 Å². The molecule has 0 unspecified atom stereocenters. The van der Waals surface area contributed by atoms with Gasteiger partial charge in [0.1, 0.15) is 23.4 Å². The van der Waals surface area contributed by atoms with Gasteiger partial charge in [0.2, 0.25) is 0 Å². The zero-order valence-corrected chi connectivity index (χ0v) is 16.4. The summed E-state index contributed by atoms with van der Waals surface area (Å²) in [6.45, 7) is 3.28. The quantitative estimate of drug-likeness (QED) is 0.573. The lowest BCUT2D eigenvalue weighted by molar-refractivity contribution is 0.0952. The molecule has 3 aromatic rings. The van der Waals surface area contributed by atoms with E-state index in [1.54, 1.807) is 24.3 Å². The number of carbonyl (C=O) groups excluding carboxylic acids is 1. The van der Waals surface area contributed by atoms with E-state index in [1.165, 1.54) is 7.11 Å². The maximum absolute atomic E-state index is 12.3. The Bertz CT molecular complexity index is 1060. The van der Waals surface area contributed by atoms with Gasteiger partial charge < -0.3 is 20.1 Å². The van der Waals surface area contributed by atoms with Crippen LogP contribution in [0.5, 0.6) is 11.5 Å². The Morgan fingerprint density at radius 3 is 2.76 bits per heavy atom. The van der Waals surface area contributed by atoms with Crippen LogP contribution in [0.3, 0.4) is 0 Å². The lowest BCUT2D eigenvalue weighted by Gasteiger charge is -2.11. The summed E-state index contributed by atoms with van der Waals surface area (Å²) in [5.74, 6) is 1.52. The topological polar surface area (TPSA) is 96.3 Å². The van der Waals surface area contributed by atoms with Crippen LogP contribution in [0.15, 0.2) is 48.5 Å². The van der Waals surface area contributed by atoms with Gasteiger partial charge in [-0.1, -0.05) is 12.1 Å². The molecule has 0 bridgehead atoms. The predicted molar refractivity (Wildman–Crippen MR) is 111 cm³/mol. The Kier molecular flexibility index (Phi) is 6.48. The van der Waals surface area contributed by atoms with E-state index in [0.29, 0.717) is 42.4 Å². The number of hydrogen-bond acceptors (Lipinski definition) is 6. The average Bonchev–Trinajstić information content (AvgIpc) is 2.76. The molecular weight excluding hydrogens is 368 g/mol. The van der Waals surface area contributed by atoms with Gasteiger partial charge in [0, 0.05) is 18.5 Å². The van der Waals surface area contributed by atoms with Crippen LogP contribution in [0.25, 0.3) is 10.9 Å². The van der Waals surface area contributed by atoms with Crippen LogP contribution < -0.4 is 20.1 Å². The minimum Gasteiger partial charge on any atom is -0.496 e. The highest BCUT2D eigenvalue weighted by Crippen LogP contribution is 2.24. The van der Waals surface area contributed by atoms with Crippen LogP contribution in [0, 0.1) is 11.3 Å². The molecule has 0 saturated heterocycles. The van der Waals surface area contributed by atoms with E-state index in [1.807, 2.05) is 31.2 Å². The number of nitrogens with one attached hydrogen (secondary N) is 2. The lowest BCUT2D eigenvalue weighted by atomic mass is 10.1. The van der Waals surface area contributed by atoms with Crippen molar-refractivity contribution in [3.63, 3.8) is 0 Å². The van der Waals surface area contributed by atoms with Crippen molar-refractivity contribution in [1.29, 1.82) is 5.26 Å². The average molecular weight is 390 g/mol. The maximum atomic E-state index is 12.3. The summed E-state index contributed by atoms with van der Waals surface area (Å²) < 4.78 is 10.7. The predicted octanol–water partition coefficient (Wildman–Crippen LogP) is 3.36. The minimum atomic E-state index is -0.223. The van der Waals surface area contributed by atoms with Crippen LogP contribution in [0.4, 0.5) is 5.82 Å². The molecule has 7 nitrogen and oxygen atoms in total. The van der Waals surface area contributed by atoms with E-state index in [9.17, 15) is 10.1 Å². The Hall–Kier alpha value is -3.79. The number of para-hydroxylation sites is 1. The largest absolute Gasteiger partial charge is 0.496 e. The molecule has 0 aliphatic rings. The number of fused-ring (bicyclic) bond motifs is 1. The highest BCUT2D eigenvalue weighted by Gasteiger charge is 2.11. The number of anilines is 1. The van der Waals surface area contributed by atoms with Gasteiger partial charge in [-0.15, -0.1) is 0 Å². The second kappa shape index (κ2) is 9.42. The first kappa shape index (κ1) is 20.0. The van der Waals surface area contributed by atoms with Gasteiger partial charge >= 0.3 is 0 Å². The summed E-state index contributed by atoms with van der Waals surface area (Å²) in [5, 5.41) is 16.2. The SMILES string of the molecule is CCOc1ccc2nc(NCCNC(=O)c3ccccc3OC)c(C#N)cc2c1. The Balaban J connectivity index is 1.65. The maximum Gasteiger partial charge on any atom is 0.255 e. The van der Waals surface area contributed by atoms with Gasteiger partial charge in [0.05, 0.1) is 30.4 Å². The van der Waals surface area contributed by atoms with Crippen molar-refractivity contribution >= 4 is 22.6 Å². The molecule has 0 spiro atoms. The highest BCUT2D eigenvalue weighted by atomic mass is 16.5. The molecule has 3 rings (SSSR count). The van der Waals surface area contributed by atoms with Crippen LogP contribution in [0.1, 0.15) is 22.8 Å². The summed E-state index contributed by atoms with van der Waals surface area (Å²) in [7, 11) is 1.53. The first-order chi connectivity index (χ1) is 14.2. The lowest BCUT2D eigenvalue weighted by Crippen LogP contribution is -2.29. The fraction of sp³-hybridized carbons (Fsp3) is 0.227. The molecule has 29 heavy (non-hydrogen) atoms. The molecule has 0 aliphatic heterocycles. The van der Waals surface area contributed by atoms with E-state index < -0.39 is 0 Å². The summed E-state index contributed by atoms with van der Waals surface area (Å²) in [6.07, 6.45) is 0. The normalized spacial score (nSPS) is 10.2. The molecule has 0 aliphatic carbocycles. The molecule has 0 fully saturated rings. The number of methoxy groups -OCH3 is 1. The molecule has 1 aromatic heterocycles. The monoisotopic (exact) mass is 390 g/mol. The van der Waals surface area contributed by atoms with Crippen molar-refractivity contribution in [2.45, 2.75) is 6.92 Å². The van der Waals surface area contributed by atoms with Crippen LogP contribution >= 0.6 is 0 Å². The van der Waals surface area contributed by atoms with E-state index >= 15 is 0 Å². The van der Waals surface area contributed by atoms with Crippen LogP contribution in [-0.4, -0.2) is 37.7 Å². The summed E-state index contributed by atoms with van der Waals surface area (Å²) >= 11 is 0. The molecule has 0 atom stereocenters. The number of amides is 1. The second-order valence-corrected chi connectivity index (χ2v) is 6.17. The molecule has 0 radical (unpaired) electrons. The standard InChI is InChI=1S/C22H22N4O3/c1-3-29-17-8-9-19-15(13-17)12-16(14-23)21(26-19)24-10-11-25-22(27)18-6-4-5-7-20(18)28-2/h4-9,12-13H,3,10-11H2,1-2H3,(H,24,26)(H,25,27). The van der Waals surface area contributed by atoms with Gasteiger partial charge in [0.25, 0.3) is 5.91 Å². The molecule has 7 heteroatoms. The summed E-state index contributed by atoms with van der Waals surface area (Å²) in [5.41, 5.74) is 1.66. The van der Waals surface area contributed by atoms with E-state index in [-0.39, 0.29) is 5.91 Å². The minimum absolute atomic E-state index is 0.223. The van der Waals surface area contributed by atoms with E-state index in [4.69, 9.17) is 9.47 Å². The van der Waals surface area contributed by atoms with Crippen molar-refractivity contribution in [2.24, 2.45) is 0 Å². The third kappa shape index (κ3) is 4.74. The van der Waals surface area contributed by atoms with Gasteiger partial charge in [-0.2, -0.15) is 5.26 Å². The Labute approximate surface area is 169 Å². The number of hydrogen-bond donors (Lipinski definition) is 2. The van der Waals surface area contributed by atoms with Crippen molar-refractivity contribution in [2.75, 3.05) is 32.1 Å². The molecule has 2 N–H and O–H groups in total.